The van der Waals surface area contributed by atoms with Crippen LogP contribution in [-0.2, 0) is 0 Å². The summed E-state index contributed by atoms with van der Waals surface area (Å²) in [5.41, 5.74) is 1.39. The lowest BCUT2D eigenvalue weighted by Crippen LogP contribution is -2.08. The van der Waals surface area contributed by atoms with Crippen LogP contribution >= 0.6 is 0 Å². The second-order valence-corrected chi connectivity index (χ2v) is 4.02. The standard InChI is InChI=1S/C12H17NO/c1-9-7-13-8-12(9)10-4-3-5-11(6-10)14-2/h3-6,9,12-13H,7-8H2,1-2H3/t9-,12+/m0/s1. The summed E-state index contributed by atoms with van der Waals surface area (Å²) in [4.78, 5) is 0. The topological polar surface area (TPSA) is 21.3 Å². The van der Waals surface area contributed by atoms with E-state index in [4.69, 9.17) is 4.74 Å². The molecule has 2 rings (SSSR count). The van der Waals surface area contributed by atoms with E-state index in [2.05, 4.69) is 30.4 Å². The van der Waals surface area contributed by atoms with Crippen molar-refractivity contribution in [2.45, 2.75) is 12.8 Å². The van der Waals surface area contributed by atoms with Crippen molar-refractivity contribution >= 4 is 0 Å². The summed E-state index contributed by atoms with van der Waals surface area (Å²) in [5, 5.41) is 3.42. The Morgan fingerprint density at radius 2 is 2.21 bits per heavy atom. The predicted octanol–water partition coefficient (Wildman–Crippen LogP) is 2.02. The lowest BCUT2D eigenvalue weighted by atomic mass is 9.90. The molecule has 0 amide bonds. The summed E-state index contributed by atoms with van der Waals surface area (Å²) in [6.07, 6.45) is 0. The molecule has 0 unspecified atom stereocenters. The maximum atomic E-state index is 5.23. The summed E-state index contributed by atoms with van der Waals surface area (Å²) in [7, 11) is 1.72. The van der Waals surface area contributed by atoms with Gasteiger partial charge in [0.2, 0.25) is 0 Å². The molecule has 1 heterocycles. The average molecular weight is 191 g/mol. The summed E-state index contributed by atoms with van der Waals surface area (Å²) in [5.74, 6) is 2.33. The van der Waals surface area contributed by atoms with E-state index in [0.29, 0.717) is 5.92 Å². The van der Waals surface area contributed by atoms with Gasteiger partial charge in [0.15, 0.2) is 0 Å². The van der Waals surface area contributed by atoms with Crippen molar-refractivity contribution < 1.29 is 4.74 Å². The van der Waals surface area contributed by atoms with Crippen LogP contribution in [0, 0.1) is 5.92 Å². The highest BCUT2D eigenvalue weighted by Gasteiger charge is 2.24. The van der Waals surface area contributed by atoms with Crippen molar-refractivity contribution in [3.63, 3.8) is 0 Å². The SMILES string of the molecule is COc1cccc([C@@H]2CNC[C@@H]2C)c1. The van der Waals surface area contributed by atoms with Gasteiger partial charge >= 0.3 is 0 Å². The first-order valence-electron chi connectivity index (χ1n) is 5.16. The lowest BCUT2D eigenvalue weighted by molar-refractivity contribution is 0.413. The van der Waals surface area contributed by atoms with E-state index in [0.717, 1.165) is 24.8 Å². The van der Waals surface area contributed by atoms with Gasteiger partial charge in [0.1, 0.15) is 5.75 Å². The van der Waals surface area contributed by atoms with Gasteiger partial charge in [0.25, 0.3) is 0 Å². The zero-order valence-electron chi connectivity index (χ0n) is 8.79. The van der Waals surface area contributed by atoms with Gasteiger partial charge in [-0.1, -0.05) is 19.1 Å². The van der Waals surface area contributed by atoms with Gasteiger partial charge < -0.3 is 10.1 Å². The molecule has 1 aromatic rings. The van der Waals surface area contributed by atoms with E-state index in [1.54, 1.807) is 7.11 Å². The molecule has 2 heteroatoms. The molecule has 2 atom stereocenters. The molecule has 0 radical (unpaired) electrons. The molecule has 1 N–H and O–H groups in total. The zero-order chi connectivity index (χ0) is 9.97. The van der Waals surface area contributed by atoms with Crippen molar-refractivity contribution in [2.75, 3.05) is 20.2 Å². The lowest BCUT2D eigenvalue weighted by Gasteiger charge is -2.15. The molecule has 0 aromatic heterocycles. The highest BCUT2D eigenvalue weighted by atomic mass is 16.5. The van der Waals surface area contributed by atoms with Gasteiger partial charge in [-0.2, -0.15) is 0 Å². The van der Waals surface area contributed by atoms with Crippen LogP contribution in [0.2, 0.25) is 0 Å². The number of benzene rings is 1. The van der Waals surface area contributed by atoms with Crippen LogP contribution < -0.4 is 10.1 Å². The molecule has 2 nitrogen and oxygen atoms in total. The molecule has 1 aliphatic heterocycles. The maximum absolute atomic E-state index is 5.23. The van der Waals surface area contributed by atoms with Crippen molar-refractivity contribution in [2.24, 2.45) is 5.92 Å². The van der Waals surface area contributed by atoms with Crippen LogP contribution in [0.1, 0.15) is 18.4 Å². The van der Waals surface area contributed by atoms with E-state index in [9.17, 15) is 0 Å². The molecule has 0 bridgehead atoms. The van der Waals surface area contributed by atoms with Crippen LogP contribution in [0.4, 0.5) is 0 Å². The van der Waals surface area contributed by atoms with Crippen LogP contribution in [0.5, 0.6) is 5.75 Å². The molecule has 1 fully saturated rings. The summed E-state index contributed by atoms with van der Waals surface area (Å²) in [6.45, 7) is 4.51. The molecule has 1 aliphatic rings. The third-order valence-electron chi connectivity index (χ3n) is 3.04. The molecule has 1 saturated heterocycles. The Bertz CT molecular complexity index is 311. The fraction of sp³-hybridized carbons (Fsp3) is 0.500. The normalized spacial score (nSPS) is 26.4. The van der Waals surface area contributed by atoms with Crippen LogP contribution in [0.15, 0.2) is 24.3 Å². The van der Waals surface area contributed by atoms with Gasteiger partial charge in [-0.25, -0.2) is 0 Å². The second kappa shape index (κ2) is 4.01. The fourth-order valence-corrected chi connectivity index (χ4v) is 2.13. The largest absolute Gasteiger partial charge is 0.497 e. The van der Waals surface area contributed by atoms with Gasteiger partial charge in [-0.3, -0.25) is 0 Å². The van der Waals surface area contributed by atoms with Gasteiger partial charge in [0.05, 0.1) is 7.11 Å². The van der Waals surface area contributed by atoms with Gasteiger partial charge in [-0.15, -0.1) is 0 Å². The minimum atomic E-state index is 0.644. The highest BCUT2D eigenvalue weighted by molar-refractivity contribution is 5.32. The van der Waals surface area contributed by atoms with E-state index < -0.39 is 0 Å². The Hall–Kier alpha value is -1.02. The van der Waals surface area contributed by atoms with Crippen molar-refractivity contribution in [3.8, 4) is 5.75 Å². The van der Waals surface area contributed by atoms with Crippen LogP contribution in [0.25, 0.3) is 0 Å². The monoisotopic (exact) mass is 191 g/mol. The highest BCUT2D eigenvalue weighted by Crippen LogP contribution is 2.29. The minimum absolute atomic E-state index is 0.644. The Morgan fingerprint density at radius 3 is 2.86 bits per heavy atom. The molecule has 1 aromatic carbocycles. The Labute approximate surface area is 85.3 Å². The quantitative estimate of drug-likeness (QED) is 0.772. The molecule has 14 heavy (non-hydrogen) atoms. The van der Waals surface area contributed by atoms with Gasteiger partial charge in [0, 0.05) is 12.5 Å². The number of hydrogen-bond acceptors (Lipinski definition) is 2. The fourth-order valence-electron chi connectivity index (χ4n) is 2.13. The van der Waals surface area contributed by atoms with Crippen molar-refractivity contribution in [1.82, 2.24) is 5.32 Å². The summed E-state index contributed by atoms with van der Waals surface area (Å²) in [6, 6.07) is 8.40. The van der Waals surface area contributed by atoms with Crippen LogP contribution in [0.3, 0.4) is 0 Å². The van der Waals surface area contributed by atoms with E-state index in [-0.39, 0.29) is 0 Å². The number of ether oxygens (including phenoxy) is 1. The first-order chi connectivity index (χ1) is 6.81. The first-order valence-corrected chi connectivity index (χ1v) is 5.16. The third-order valence-corrected chi connectivity index (χ3v) is 3.04. The van der Waals surface area contributed by atoms with E-state index >= 15 is 0 Å². The van der Waals surface area contributed by atoms with E-state index in [1.165, 1.54) is 5.56 Å². The minimum Gasteiger partial charge on any atom is -0.497 e. The van der Waals surface area contributed by atoms with Crippen molar-refractivity contribution in [1.29, 1.82) is 0 Å². The molecule has 0 saturated carbocycles. The Balaban J connectivity index is 2.22. The third kappa shape index (κ3) is 1.75. The number of methoxy groups -OCH3 is 1. The van der Waals surface area contributed by atoms with Crippen molar-refractivity contribution in [3.05, 3.63) is 29.8 Å². The summed E-state index contributed by atoms with van der Waals surface area (Å²) < 4.78 is 5.23. The molecular weight excluding hydrogens is 174 g/mol. The number of rotatable bonds is 2. The average Bonchev–Trinajstić information content (AvgIpc) is 2.65. The maximum Gasteiger partial charge on any atom is 0.119 e. The Kier molecular flexibility index (Phi) is 2.73. The van der Waals surface area contributed by atoms with Crippen LogP contribution in [-0.4, -0.2) is 20.2 Å². The van der Waals surface area contributed by atoms with E-state index in [1.807, 2.05) is 6.07 Å². The predicted molar refractivity (Wildman–Crippen MR) is 57.8 cm³/mol. The first kappa shape index (κ1) is 9.53. The molecule has 0 aliphatic carbocycles. The molecular formula is C12H17NO. The number of hydrogen-bond donors (Lipinski definition) is 1. The summed E-state index contributed by atoms with van der Waals surface area (Å²) >= 11 is 0. The zero-order valence-corrected chi connectivity index (χ0v) is 8.79. The number of nitrogens with one attached hydrogen (secondary N) is 1. The smallest absolute Gasteiger partial charge is 0.119 e. The second-order valence-electron chi connectivity index (χ2n) is 4.02. The molecule has 76 valence electrons. The molecule has 0 spiro atoms. The Morgan fingerprint density at radius 1 is 1.36 bits per heavy atom. The van der Waals surface area contributed by atoms with Gasteiger partial charge in [-0.05, 0) is 30.2 Å².